The minimum atomic E-state index is 0. The van der Waals surface area contributed by atoms with E-state index in [-0.39, 0.29) is 18.4 Å². The molecule has 3 nitrogen and oxygen atoms in total. The van der Waals surface area contributed by atoms with Crippen LogP contribution in [0.4, 0.5) is 0 Å². The van der Waals surface area contributed by atoms with Crippen LogP contribution >= 0.6 is 24.0 Å². The van der Waals surface area contributed by atoms with E-state index in [4.69, 9.17) is 17.3 Å². The van der Waals surface area contributed by atoms with Gasteiger partial charge in [-0.05, 0) is 31.4 Å². The summed E-state index contributed by atoms with van der Waals surface area (Å²) in [4.78, 5) is 0. The lowest BCUT2D eigenvalue weighted by Gasteiger charge is -2.18. The van der Waals surface area contributed by atoms with Gasteiger partial charge in [-0.2, -0.15) is 5.10 Å². The second-order valence-electron chi connectivity index (χ2n) is 4.54. The van der Waals surface area contributed by atoms with Crippen LogP contribution < -0.4 is 5.73 Å². The second-order valence-corrected chi connectivity index (χ2v) is 4.98. The quantitative estimate of drug-likeness (QED) is 0.846. The van der Waals surface area contributed by atoms with Crippen molar-refractivity contribution in [2.45, 2.75) is 25.3 Å². The van der Waals surface area contributed by atoms with Crippen molar-refractivity contribution in [2.75, 3.05) is 0 Å². The Morgan fingerprint density at radius 2 is 2.00 bits per heavy atom. The van der Waals surface area contributed by atoms with E-state index in [1.165, 1.54) is 11.3 Å². The molecule has 1 heterocycles. The number of H-pyrrole nitrogens is 1. The fraction of sp³-hybridized carbons (Fsp3) is 0.308. The molecule has 0 spiro atoms. The summed E-state index contributed by atoms with van der Waals surface area (Å²) in [5.41, 5.74) is 10.6. The van der Waals surface area contributed by atoms with Gasteiger partial charge in [0, 0.05) is 27.9 Å². The van der Waals surface area contributed by atoms with Gasteiger partial charge in [0.1, 0.15) is 0 Å². The van der Waals surface area contributed by atoms with E-state index in [0.717, 1.165) is 35.5 Å². The van der Waals surface area contributed by atoms with Crippen LogP contribution in [0.25, 0.3) is 11.3 Å². The van der Waals surface area contributed by atoms with E-state index >= 15 is 0 Å². The molecular formula is C13H15Cl2N3. The molecule has 1 aliphatic rings. The SMILES string of the molecule is Cl.NC1CCc2[nH]nc(-c3ccc(Cl)cc3)c2C1. The van der Waals surface area contributed by atoms with Crippen LogP contribution in [0.2, 0.25) is 5.02 Å². The number of benzene rings is 1. The van der Waals surface area contributed by atoms with E-state index in [2.05, 4.69) is 10.2 Å². The van der Waals surface area contributed by atoms with E-state index in [9.17, 15) is 0 Å². The molecule has 1 aromatic carbocycles. The van der Waals surface area contributed by atoms with Gasteiger partial charge in [0.05, 0.1) is 5.69 Å². The monoisotopic (exact) mass is 283 g/mol. The molecule has 18 heavy (non-hydrogen) atoms. The Hall–Kier alpha value is -1.03. The summed E-state index contributed by atoms with van der Waals surface area (Å²) >= 11 is 5.89. The summed E-state index contributed by atoms with van der Waals surface area (Å²) < 4.78 is 0. The molecule has 3 N–H and O–H groups in total. The second kappa shape index (κ2) is 5.31. The Morgan fingerprint density at radius 3 is 2.72 bits per heavy atom. The van der Waals surface area contributed by atoms with Crippen molar-refractivity contribution in [3.8, 4) is 11.3 Å². The smallest absolute Gasteiger partial charge is 0.0956 e. The highest BCUT2D eigenvalue weighted by Crippen LogP contribution is 2.29. The zero-order valence-corrected chi connectivity index (χ0v) is 11.4. The largest absolute Gasteiger partial charge is 0.327 e. The summed E-state index contributed by atoms with van der Waals surface area (Å²) in [7, 11) is 0. The fourth-order valence-electron chi connectivity index (χ4n) is 2.37. The lowest BCUT2D eigenvalue weighted by Crippen LogP contribution is -2.27. The van der Waals surface area contributed by atoms with Crippen LogP contribution in [0.3, 0.4) is 0 Å². The first-order chi connectivity index (χ1) is 8.24. The van der Waals surface area contributed by atoms with Gasteiger partial charge < -0.3 is 5.73 Å². The first-order valence-electron chi connectivity index (χ1n) is 5.81. The number of aromatic amines is 1. The van der Waals surface area contributed by atoms with Crippen LogP contribution in [0.5, 0.6) is 0 Å². The van der Waals surface area contributed by atoms with Crippen molar-refractivity contribution in [2.24, 2.45) is 5.73 Å². The van der Waals surface area contributed by atoms with Crippen molar-refractivity contribution >= 4 is 24.0 Å². The van der Waals surface area contributed by atoms with Gasteiger partial charge in [0.25, 0.3) is 0 Å². The molecule has 2 aromatic rings. The third kappa shape index (κ3) is 2.39. The molecule has 1 aliphatic carbocycles. The molecule has 1 unspecified atom stereocenters. The molecule has 1 atom stereocenters. The Bertz CT molecular complexity index is 534. The number of fused-ring (bicyclic) bond motifs is 1. The molecule has 5 heteroatoms. The number of rotatable bonds is 1. The van der Waals surface area contributed by atoms with Gasteiger partial charge in [-0.3, -0.25) is 5.10 Å². The predicted molar refractivity (Wildman–Crippen MR) is 76.3 cm³/mol. The summed E-state index contributed by atoms with van der Waals surface area (Å²) in [6.07, 6.45) is 2.94. The van der Waals surface area contributed by atoms with Gasteiger partial charge in [0.2, 0.25) is 0 Å². The van der Waals surface area contributed by atoms with Crippen molar-refractivity contribution in [1.29, 1.82) is 0 Å². The van der Waals surface area contributed by atoms with Crippen molar-refractivity contribution < 1.29 is 0 Å². The van der Waals surface area contributed by atoms with Crippen molar-refractivity contribution in [3.63, 3.8) is 0 Å². The zero-order chi connectivity index (χ0) is 11.8. The molecule has 0 radical (unpaired) electrons. The van der Waals surface area contributed by atoms with Crippen molar-refractivity contribution in [3.05, 3.63) is 40.5 Å². The minimum Gasteiger partial charge on any atom is -0.327 e. The van der Waals surface area contributed by atoms with Gasteiger partial charge in [-0.25, -0.2) is 0 Å². The van der Waals surface area contributed by atoms with E-state index in [0.29, 0.717) is 0 Å². The van der Waals surface area contributed by atoms with Crippen LogP contribution in [-0.2, 0) is 12.8 Å². The number of halogens is 2. The number of hydrogen-bond donors (Lipinski definition) is 2. The zero-order valence-electron chi connectivity index (χ0n) is 9.82. The molecule has 0 fully saturated rings. The van der Waals surface area contributed by atoms with E-state index < -0.39 is 0 Å². The number of nitrogens with two attached hydrogens (primary N) is 1. The van der Waals surface area contributed by atoms with Crippen LogP contribution in [0.1, 0.15) is 17.7 Å². The summed E-state index contributed by atoms with van der Waals surface area (Å²) in [5, 5.41) is 8.28. The molecule has 1 aromatic heterocycles. The highest BCUT2D eigenvalue weighted by Gasteiger charge is 2.21. The maximum absolute atomic E-state index is 6.02. The van der Waals surface area contributed by atoms with Crippen LogP contribution in [0.15, 0.2) is 24.3 Å². The Balaban J connectivity index is 0.00000120. The van der Waals surface area contributed by atoms with Gasteiger partial charge in [-0.1, -0.05) is 23.7 Å². The average molecular weight is 284 g/mol. The molecule has 0 saturated heterocycles. The predicted octanol–water partition coefficient (Wildman–Crippen LogP) is 2.97. The standard InChI is InChI=1S/C13H14ClN3.ClH/c14-9-3-1-8(2-4-9)13-11-7-10(15)5-6-12(11)16-17-13;/h1-4,10H,5-7,15H2,(H,16,17);1H. The third-order valence-corrected chi connectivity index (χ3v) is 3.55. The van der Waals surface area contributed by atoms with E-state index in [1.807, 2.05) is 24.3 Å². The maximum Gasteiger partial charge on any atom is 0.0956 e. The molecule has 96 valence electrons. The summed E-state index contributed by atoms with van der Waals surface area (Å²) in [6, 6.07) is 8.03. The molecule has 3 rings (SSSR count). The van der Waals surface area contributed by atoms with Crippen LogP contribution in [-0.4, -0.2) is 16.2 Å². The lowest BCUT2D eigenvalue weighted by molar-refractivity contribution is 0.572. The Morgan fingerprint density at radius 1 is 1.28 bits per heavy atom. The van der Waals surface area contributed by atoms with Gasteiger partial charge >= 0.3 is 0 Å². The van der Waals surface area contributed by atoms with Gasteiger partial charge in [-0.15, -0.1) is 12.4 Å². The number of hydrogen-bond acceptors (Lipinski definition) is 2. The van der Waals surface area contributed by atoms with Gasteiger partial charge in [0.15, 0.2) is 0 Å². The Labute approximate surface area is 117 Å². The highest BCUT2D eigenvalue weighted by atomic mass is 35.5. The molecule has 0 bridgehead atoms. The highest BCUT2D eigenvalue weighted by molar-refractivity contribution is 6.30. The number of nitrogens with one attached hydrogen (secondary N) is 1. The fourth-order valence-corrected chi connectivity index (χ4v) is 2.49. The van der Waals surface area contributed by atoms with Crippen LogP contribution in [0, 0.1) is 0 Å². The Kier molecular flexibility index (Phi) is 3.95. The number of aromatic nitrogens is 2. The normalized spacial score (nSPS) is 18.0. The topological polar surface area (TPSA) is 54.7 Å². The summed E-state index contributed by atoms with van der Waals surface area (Å²) in [5.74, 6) is 0. The van der Waals surface area contributed by atoms with E-state index in [1.54, 1.807) is 0 Å². The minimum absolute atomic E-state index is 0. The first kappa shape index (κ1) is 13.4. The average Bonchev–Trinajstić information content (AvgIpc) is 2.73. The maximum atomic E-state index is 6.02. The lowest BCUT2D eigenvalue weighted by atomic mass is 9.90. The van der Waals surface area contributed by atoms with Crippen molar-refractivity contribution in [1.82, 2.24) is 10.2 Å². The first-order valence-corrected chi connectivity index (χ1v) is 6.19. The third-order valence-electron chi connectivity index (χ3n) is 3.30. The molecule has 0 aliphatic heterocycles. The summed E-state index contributed by atoms with van der Waals surface area (Å²) in [6.45, 7) is 0. The number of aryl methyl sites for hydroxylation is 1. The number of nitrogens with zero attached hydrogens (tertiary/aromatic N) is 1. The molecule has 0 amide bonds. The molecular weight excluding hydrogens is 269 g/mol. The molecule has 0 saturated carbocycles.